The molecule has 29 heavy (non-hydrogen) atoms. The Bertz CT molecular complexity index is 827. The zero-order chi connectivity index (χ0) is 20.6. The standard InChI is InChI=1S/C24H32N4O/c1-4-19-7-11-21(12-8-19)17-27(3)24(25-2)26-16-20-9-13-22(14-10-20)18-28-15-5-6-23(28)29/h7-14H,4-6,15-18H2,1-3H3,(H,25,26). The number of guanidine groups is 1. The van der Waals surface area contributed by atoms with E-state index < -0.39 is 0 Å². The number of hydrogen-bond acceptors (Lipinski definition) is 2. The average Bonchev–Trinajstić information content (AvgIpc) is 3.14. The summed E-state index contributed by atoms with van der Waals surface area (Å²) in [5.74, 6) is 1.14. The maximum Gasteiger partial charge on any atom is 0.222 e. The van der Waals surface area contributed by atoms with E-state index in [2.05, 4.69) is 77.7 Å². The van der Waals surface area contributed by atoms with E-state index in [1.54, 1.807) is 0 Å². The fourth-order valence-corrected chi connectivity index (χ4v) is 3.65. The minimum absolute atomic E-state index is 0.270. The normalized spacial score (nSPS) is 14.4. The lowest BCUT2D eigenvalue weighted by atomic mass is 10.1. The summed E-state index contributed by atoms with van der Waals surface area (Å²) in [7, 11) is 3.87. The molecule has 3 rings (SSSR count). The molecule has 0 atom stereocenters. The van der Waals surface area contributed by atoms with Gasteiger partial charge < -0.3 is 15.1 Å². The van der Waals surface area contributed by atoms with Gasteiger partial charge in [-0.2, -0.15) is 0 Å². The highest BCUT2D eigenvalue weighted by molar-refractivity contribution is 5.79. The maximum absolute atomic E-state index is 11.8. The molecule has 0 bridgehead atoms. The quantitative estimate of drug-likeness (QED) is 0.579. The van der Waals surface area contributed by atoms with Gasteiger partial charge >= 0.3 is 0 Å². The van der Waals surface area contributed by atoms with Crippen LogP contribution < -0.4 is 5.32 Å². The highest BCUT2D eigenvalue weighted by atomic mass is 16.2. The molecule has 0 unspecified atom stereocenters. The molecule has 2 aromatic carbocycles. The molecule has 1 amide bonds. The summed E-state index contributed by atoms with van der Waals surface area (Å²) in [6, 6.07) is 17.2. The molecule has 0 spiro atoms. The van der Waals surface area contributed by atoms with Crippen LogP contribution in [0.3, 0.4) is 0 Å². The third kappa shape index (κ3) is 5.83. The first-order valence-corrected chi connectivity index (χ1v) is 10.4. The van der Waals surface area contributed by atoms with E-state index in [9.17, 15) is 4.79 Å². The van der Waals surface area contributed by atoms with Crippen molar-refractivity contribution >= 4 is 11.9 Å². The van der Waals surface area contributed by atoms with Gasteiger partial charge in [-0.05, 0) is 35.1 Å². The second kappa shape index (κ2) is 10.1. The monoisotopic (exact) mass is 392 g/mol. The molecule has 1 aliphatic rings. The Morgan fingerprint density at radius 3 is 2.24 bits per heavy atom. The summed E-state index contributed by atoms with van der Waals surface area (Å²) < 4.78 is 0. The number of carbonyl (C=O) groups is 1. The van der Waals surface area contributed by atoms with E-state index >= 15 is 0 Å². The number of hydrogen-bond donors (Lipinski definition) is 1. The van der Waals surface area contributed by atoms with Gasteiger partial charge in [0.05, 0.1) is 0 Å². The third-order valence-corrected chi connectivity index (χ3v) is 5.44. The van der Waals surface area contributed by atoms with Gasteiger partial charge in [0.2, 0.25) is 5.91 Å². The van der Waals surface area contributed by atoms with Crippen LogP contribution in [0.1, 0.15) is 42.0 Å². The summed E-state index contributed by atoms with van der Waals surface area (Å²) in [5.41, 5.74) is 5.01. The Labute approximate surface area is 174 Å². The van der Waals surface area contributed by atoms with E-state index in [1.165, 1.54) is 22.3 Å². The van der Waals surface area contributed by atoms with Gasteiger partial charge in [-0.25, -0.2) is 0 Å². The number of amides is 1. The van der Waals surface area contributed by atoms with E-state index in [1.807, 2.05) is 11.9 Å². The number of nitrogens with one attached hydrogen (secondary N) is 1. The molecule has 0 radical (unpaired) electrons. The van der Waals surface area contributed by atoms with Gasteiger partial charge in [-0.15, -0.1) is 0 Å². The summed E-state index contributed by atoms with van der Waals surface area (Å²) in [6.07, 6.45) is 2.74. The molecule has 2 aromatic rings. The van der Waals surface area contributed by atoms with Crippen LogP contribution in [0.4, 0.5) is 0 Å². The van der Waals surface area contributed by atoms with Crippen molar-refractivity contribution in [3.8, 4) is 0 Å². The highest BCUT2D eigenvalue weighted by Gasteiger charge is 2.19. The topological polar surface area (TPSA) is 47.9 Å². The SMILES string of the molecule is CCc1ccc(CN(C)C(=NC)NCc2ccc(CN3CCCC3=O)cc2)cc1. The van der Waals surface area contributed by atoms with Crippen LogP contribution in [0.2, 0.25) is 0 Å². The second-order valence-electron chi connectivity index (χ2n) is 7.66. The number of benzene rings is 2. The first kappa shape index (κ1) is 20.9. The molecule has 5 heteroatoms. The van der Waals surface area contributed by atoms with Crippen LogP contribution in [0, 0.1) is 0 Å². The van der Waals surface area contributed by atoms with Crippen molar-refractivity contribution in [1.82, 2.24) is 15.1 Å². The molecule has 0 aromatic heterocycles. The summed E-state index contributed by atoms with van der Waals surface area (Å²) in [6.45, 7) is 5.30. The zero-order valence-electron chi connectivity index (χ0n) is 17.8. The molecular formula is C24H32N4O. The third-order valence-electron chi connectivity index (χ3n) is 5.44. The molecule has 1 saturated heterocycles. The van der Waals surface area contributed by atoms with Crippen molar-refractivity contribution in [2.24, 2.45) is 4.99 Å². The average molecular weight is 393 g/mol. The number of aliphatic imine (C=N–C) groups is 1. The minimum atomic E-state index is 0.270. The number of rotatable bonds is 7. The van der Waals surface area contributed by atoms with E-state index in [-0.39, 0.29) is 5.91 Å². The Morgan fingerprint density at radius 1 is 1.03 bits per heavy atom. The molecule has 5 nitrogen and oxygen atoms in total. The van der Waals surface area contributed by atoms with Gasteiger partial charge in [0.15, 0.2) is 5.96 Å². The van der Waals surface area contributed by atoms with Gasteiger partial charge in [-0.1, -0.05) is 55.5 Å². The van der Waals surface area contributed by atoms with Crippen LogP contribution in [0.25, 0.3) is 0 Å². The van der Waals surface area contributed by atoms with E-state index in [0.29, 0.717) is 19.5 Å². The molecular weight excluding hydrogens is 360 g/mol. The van der Waals surface area contributed by atoms with Crippen molar-refractivity contribution in [3.05, 3.63) is 70.8 Å². The van der Waals surface area contributed by atoms with Crippen molar-refractivity contribution in [2.75, 3.05) is 20.6 Å². The fraction of sp³-hybridized carbons (Fsp3) is 0.417. The predicted octanol–water partition coefficient (Wildman–Crippen LogP) is 3.58. The van der Waals surface area contributed by atoms with Crippen molar-refractivity contribution < 1.29 is 4.79 Å². The van der Waals surface area contributed by atoms with Crippen LogP contribution in [-0.4, -0.2) is 42.3 Å². The Kier molecular flexibility index (Phi) is 7.28. The van der Waals surface area contributed by atoms with Gasteiger partial charge in [0.25, 0.3) is 0 Å². The van der Waals surface area contributed by atoms with Gasteiger partial charge in [-0.3, -0.25) is 9.79 Å². The van der Waals surface area contributed by atoms with Crippen LogP contribution in [0.5, 0.6) is 0 Å². The summed E-state index contributed by atoms with van der Waals surface area (Å²) in [5, 5.41) is 3.44. The van der Waals surface area contributed by atoms with E-state index in [4.69, 9.17) is 0 Å². The van der Waals surface area contributed by atoms with Crippen molar-refractivity contribution in [1.29, 1.82) is 0 Å². The second-order valence-corrected chi connectivity index (χ2v) is 7.66. The van der Waals surface area contributed by atoms with Crippen LogP contribution >= 0.6 is 0 Å². The Morgan fingerprint density at radius 2 is 1.66 bits per heavy atom. The Hall–Kier alpha value is -2.82. The van der Waals surface area contributed by atoms with Crippen LogP contribution in [-0.2, 0) is 30.8 Å². The fourth-order valence-electron chi connectivity index (χ4n) is 3.65. The lowest BCUT2D eigenvalue weighted by molar-refractivity contribution is -0.128. The molecule has 1 heterocycles. The summed E-state index contributed by atoms with van der Waals surface area (Å²) >= 11 is 0. The molecule has 1 aliphatic heterocycles. The van der Waals surface area contributed by atoms with Gasteiger partial charge in [0.1, 0.15) is 0 Å². The number of likely N-dealkylation sites (tertiary alicyclic amines) is 1. The first-order valence-electron chi connectivity index (χ1n) is 10.4. The lowest BCUT2D eigenvalue weighted by Crippen LogP contribution is -2.38. The smallest absolute Gasteiger partial charge is 0.222 e. The van der Waals surface area contributed by atoms with Crippen molar-refractivity contribution in [2.45, 2.75) is 45.8 Å². The highest BCUT2D eigenvalue weighted by Crippen LogP contribution is 2.15. The number of aryl methyl sites for hydroxylation is 1. The number of nitrogens with zero attached hydrogens (tertiary/aromatic N) is 3. The number of carbonyl (C=O) groups excluding carboxylic acids is 1. The van der Waals surface area contributed by atoms with Crippen molar-refractivity contribution in [3.63, 3.8) is 0 Å². The minimum Gasteiger partial charge on any atom is -0.352 e. The molecule has 0 aliphatic carbocycles. The van der Waals surface area contributed by atoms with E-state index in [0.717, 1.165) is 31.9 Å². The Balaban J connectivity index is 1.50. The molecule has 0 saturated carbocycles. The lowest BCUT2D eigenvalue weighted by Gasteiger charge is -2.22. The van der Waals surface area contributed by atoms with Crippen LogP contribution in [0.15, 0.2) is 53.5 Å². The first-order chi connectivity index (χ1) is 14.1. The largest absolute Gasteiger partial charge is 0.352 e. The molecule has 1 N–H and O–H groups in total. The predicted molar refractivity (Wildman–Crippen MR) is 119 cm³/mol. The maximum atomic E-state index is 11.8. The molecule has 1 fully saturated rings. The summed E-state index contributed by atoms with van der Waals surface area (Å²) in [4.78, 5) is 20.3. The zero-order valence-corrected chi connectivity index (χ0v) is 17.8. The molecule has 154 valence electrons. The van der Waals surface area contributed by atoms with Gasteiger partial charge in [0, 0.05) is 46.7 Å².